The first-order valence-electron chi connectivity index (χ1n) is 1.41. The summed E-state index contributed by atoms with van der Waals surface area (Å²) in [6.45, 7) is 3.72. The molecule has 30 valence electrons. The van der Waals surface area contributed by atoms with Gasteiger partial charge in [0.05, 0.1) is 0 Å². The van der Waals surface area contributed by atoms with Crippen LogP contribution in [-0.4, -0.2) is 73.0 Å². The molecule has 0 aromatic heterocycles. The Morgan fingerprint density at radius 3 is 1.17 bits per heavy atom. The second kappa shape index (κ2) is 10.2. The van der Waals surface area contributed by atoms with E-state index in [2.05, 4.69) is 0 Å². The van der Waals surface area contributed by atoms with Crippen molar-refractivity contribution in [3.8, 4) is 0 Å². The molecule has 0 aromatic rings. The van der Waals surface area contributed by atoms with Crippen LogP contribution in [0.4, 0.5) is 0 Å². The van der Waals surface area contributed by atoms with E-state index in [0.29, 0.717) is 0 Å². The zero-order chi connectivity index (χ0) is 3.58. The molecule has 0 radical (unpaired) electrons. The second-order valence-corrected chi connectivity index (χ2v) is 3.28. The molecule has 0 amide bonds. The number of hydrogen-bond acceptors (Lipinski definition) is 1. The van der Waals surface area contributed by atoms with E-state index in [1.54, 1.807) is 0 Å². The summed E-state index contributed by atoms with van der Waals surface area (Å²) in [6, 6.07) is 0. The van der Waals surface area contributed by atoms with Gasteiger partial charge in [0, 0.05) is 0 Å². The van der Waals surface area contributed by atoms with Crippen molar-refractivity contribution >= 4 is 68.2 Å². The molecule has 0 heterocycles. The van der Waals surface area contributed by atoms with Gasteiger partial charge < -0.3 is 4.80 Å². The predicted molar refractivity (Wildman–Crippen MR) is 35.4 cm³/mol. The molecule has 4 heteroatoms. The van der Waals surface area contributed by atoms with Gasteiger partial charge >= 0.3 is 59.1 Å². The first kappa shape index (κ1) is 15.7. The van der Waals surface area contributed by atoms with Gasteiger partial charge in [-0.1, -0.05) is 0 Å². The fourth-order valence-corrected chi connectivity index (χ4v) is 0. The molecule has 0 aromatic carbocycles. The molecule has 0 rings (SSSR count). The van der Waals surface area contributed by atoms with Crippen molar-refractivity contribution in [2.24, 2.45) is 0 Å². The maximum atomic E-state index is 8.19. The fraction of sp³-hybridized carbons (Fsp3) is 1.00. The van der Waals surface area contributed by atoms with Crippen LogP contribution in [0.25, 0.3) is 0 Å². The third-order valence-corrected chi connectivity index (χ3v) is 0. The minimum absolute atomic E-state index is 0. The quantitative estimate of drug-likeness (QED) is 0.396. The average molecular weight is 124 g/mol. The van der Waals surface area contributed by atoms with Gasteiger partial charge in [0.1, 0.15) is 0 Å². The first-order chi connectivity index (χ1) is 1.73. The monoisotopic (exact) mass is 124 g/mol. The van der Waals surface area contributed by atoms with Crippen molar-refractivity contribution in [3.63, 3.8) is 0 Å². The average Bonchev–Trinajstić information content (AvgIpc) is 0.811. The molecule has 0 aliphatic carbocycles. The molecular weight excluding hydrogens is 114 g/mol. The van der Waals surface area contributed by atoms with Gasteiger partial charge in [0.2, 0.25) is 0 Å². The Hall–Kier alpha value is 2.18. The fourth-order valence-electron chi connectivity index (χ4n) is 0. The van der Waals surface area contributed by atoms with E-state index in [1.165, 1.54) is 0 Å². The SMILES string of the molecule is C[SiH](C)O.[NaH].[NaH]. The standard InChI is InChI=1S/C2H8OSi.2Na.2H/c1-4(2)3;;;;/h3-4H,1-2H3;;;;. The molecule has 1 nitrogen and oxygen atoms in total. The molecule has 0 unspecified atom stereocenters. The summed E-state index contributed by atoms with van der Waals surface area (Å²) in [4.78, 5) is 8.19. The Balaban J connectivity index is -0.0000000450. The summed E-state index contributed by atoms with van der Waals surface area (Å²) in [5, 5.41) is 0. The molecule has 6 heavy (non-hydrogen) atoms. The van der Waals surface area contributed by atoms with E-state index < -0.39 is 9.04 Å². The molecule has 0 saturated carbocycles. The molecule has 0 atom stereocenters. The number of rotatable bonds is 0. The summed E-state index contributed by atoms with van der Waals surface area (Å²) < 4.78 is 0. The van der Waals surface area contributed by atoms with Crippen LogP contribution >= 0.6 is 0 Å². The third-order valence-electron chi connectivity index (χ3n) is 0. The molecule has 0 fully saturated rings. The molecule has 0 saturated heterocycles. The number of hydrogen-bond donors (Lipinski definition) is 1. The Morgan fingerprint density at radius 2 is 1.17 bits per heavy atom. The van der Waals surface area contributed by atoms with Crippen LogP contribution in [0.5, 0.6) is 0 Å². The van der Waals surface area contributed by atoms with Gasteiger partial charge in [-0.05, 0) is 13.1 Å². The van der Waals surface area contributed by atoms with Crippen LogP contribution in [0, 0.1) is 0 Å². The molecule has 0 spiro atoms. The van der Waals surface area contributed by atoms with Crippen LogP contribution in [0.2, 0.25) is 13.1 Å². The Labute approximate surface area is 84.8 Å². The summed E-state index contributed by atoms with van der Waals surface area (Å²) >= 11 is 0. The van der Waals surface area contributed by atoms with Crippen molar-refractivity contribution in [1.82, 2.24) is 0 Å². The van der Waals surface area contributed by atoms with Gasteiger partial charge in [0.25, 0.3) is 0 Å². The topological polar surface area (TPSA) is 20.2 Å². The summed E-state index contributed by atoms with van der Waals surface area (Å²) in [5.74, 6) is 0. The van der Waals surface area contributed by atoms with Crippen molar-refractivity contribution in [2.45, 2.75) is 13.1 Å². The van der Waals surface area contributed by atoms with Gasteiger partial charge in [-0.2, -0.15) is 0 Å². The summed E-state index contributed by atoms with van der Waals surface area (Å²) in [5.41, 5.74) is 0. The minimum atomic E-state index is -1.14. The third kappa shape index (κ3) is 34.9. The van der Waals surface area contributed by atoms with Crippen LogP contribution in [0.15, 0.2) is 0 Å². The van der Waals surface area contributed by atoms with E-state index in [-0.39, 0.29) is 59.1 Å². The molecule has 0 aliphatic heterocycles. The van der Waals surface area contributed by atoms with E-state index in [4.69, 9.17) is 4.80 Å². The van der Waals surface area contributed by atoms with Crippen LogP contribution in [0.3, 0.4) is 0 Å². The zero-order valence-corrected chi connectivity index (χ0v) is 4.18. The Bertz CT molecular complexity index is 16.3. The van der Waals surface area contributed by atoms with Gasteiger partial charge in [-0.3, -0.25) is 0 Å². The first-order valence-corrected chi connectivity index (χ1v) is 4.24. The molecule has 0 bridgehead atoms. The second-order valence-electron chi connectivity index (χ2n) is 1.09. The van der Waals surface area contributed by atoms with Crippen LogP contribution < -0.4 is 0 Å². The van der Waals surface area contributed by atoms with E-state index in [0.717, 1.165) is 0 Å². The van der Waals surface area contributed by atoms with Crippen molar-refractivity contribution in [1.29, 1.82) is 0 Å². The van der Waals surface area contributed by atoms with Gasteiger partial charge in [0.15, 0.2) is 9.04 Å². The zero-order valence-electron chi connectivity index (χ0n) is 3.02. The Kier molecular flexibility index (Phi) is 26.8. The molecule has 0 aliphatic rings. The van der Waals surface area contributed by atoms with E-state index in [1.807, 2.05) is 13.1 Å². The van der Waals surface area contributed by atoms with Crippen LogP contribution in [-0.2, 0) is 0 Å². The predicted octanol–water partition coefficient (Wildman–Crippen LogP) is -1.33. The normalized spacial score (nSPS) is 6.00. The summed E-state index contributed by atoms with van der Waals surface area (Å²) in [7, 11) is -1.14. The molecule has 1 N–H and O–H groups in total. The van der Waals surface area contributed by atoms with Gasteiger partial charge in [-0.25, -0.2) is 0 Å². The van der Waals surface area contributed by atoms with Crippen molar-refractivity contribution in [2.75, 3.05) is 0 Å². The van der Waals surface area contributed by atoms with Gasteiger partial charge in [-0.15, -0.1) is 0 Å². The maximum absolute atomic E-state index is 8.19. The van der Waals surface area contributed by atoms with Crippen molar-refractivity contribution in [3.05, 3.63) is 0 Å². The van der Waals surface area contributed by atoms with E-state index in [9.17, 15) is 0 Å². The van der Waals surface area contributed by atoms with E-state index >= 15 is 0 Å². The molecular formula is C2H10Na2OSi. The van der Waals surface area contributed by atoms with Crippen LogP contribution in [0.1, 0.15) is 0 Å². The van der Waals surface area contributed by atoms with Crippen molar-refractivity contribution < 1.29 is 4.80 Å². The summed E-state index contributed by atoms with van der Waals surface area (Å²) in [6.07, 6.45) is 0. The Morgan fingerprint density at radius 1 is 1.17 bits per heavy atom.